The second kappa shape index (κ2) is 6.89. The van der Waals surface area contributed by atoms with Gasteiger partial charge in [-0.05, 0) is 55.2 Å². The van der Waals surface area contributed by atoms with Gasteiger partial charge < -0.3 is 9.73 Å². The summed E-state index contributed by atoms with van der Waals surface area (Å²) in [4.78, 5) is 12.8. The van der Waals surface area contributed by atoms with Crippen LogP contribution in [-0.2, 0) is 12.8 Å². The summed E-state index contributed by atoms with van der Waals surface area (Å²) in [7, 11) is 0. The third kappa shape index (κ3) is 3.14. The number of benzene rings is 2. The highest BCUT2D eigenvalue weighted by molar-refractivity contribution is 6.32. The minimum atomic E-state index is -0.361. The van der Waals surface area contributed by atoms with Crippen LogP contribution in [-0.4, -0.2) is 5.91 Å². The molecule has 3 rings (SSSR count). The molecule has 1 N–H and O–H groups in total. The Bertz CT molecular complexity index is 962. The SMILES string of the molecule is CCc1ccc(Cl)c(CC)c1NC(=O)c1oc2ccc(F)cc2c1C. The number of halogens is 2. The Hall–Kier alpha value is -2.33. The molecule has 0 bridgehead atoms. The molecule has 3 aromatic rings. The van der Waals surface area contributed by atoms with Crippen LogP contribution in [0.1, 0.15) is 41.1 Å². The third-order valence-electron chi connectivity index (χ3n) is 4.42. The first-order chi connectivity index (χ1) is 12.0. The van der Waals surface area contributed by atoms with Crippen molar-refractivity contribution in [3.05, 3.63) is 63.6 Å². The molecular weight excluding hydrogens is 341 g/mol. The molecule has 3 nitrogen and oxygen atoms in total. The van der Waals surface area contributed by atoms with E-state index >= 15 is 0 Å². The Labute approximate surface area is 150 Å². The van der Waals surface area contributed by atoms with Crippen molar-refractivity contribution >= 4 is 34.2 Å². The average molecular weight is 360 g/mol. The summed E-state index contributed by atoms with van der Waals surface area (Å²) in [6.45, 7) is 5.76. The van der Waals surface area contributed by atoms with Crippen molar-refractivity contribution in [3.63, 3.8) is 0 Å². The highest BCUT2D eigenvalue weighted by Gasteiger charge is 2.20. The van der Waals surface area contributed by atoms with Gasteiger partial charge in [-0.15, -0.1) is 0 Å². The fourth-order valence-electron chi connectivity index (χ4n) is 3.05. The molecule has 0 unspecified atom stereocenters. The van der Waals surface area contributed by atoms with E-state index in [0.29, 0.717) is 28.0 Å². The standard InChI is InChI=1S/C20H19ClFNO2/c1-4-12-6-8-16(21)14(5-2)18(12)23-20(24)19-11(3)15-10-13(22)7-9-17(15)25-19/h6-10H,4-5H2,1-3H3,(H,23,24). The van der Waals surface area contributed by atoms with E-state index in [1.807, 2.05) is 26.0 Å². The van der Waals surface area contributed by atoms with Gasteiger partial charge in [0, 0.05) is 21.7 Å². The molecule has 0 aliphatic carbocycles. The molecule has 1 heterocycles. The Morgan fingerprint density at radius 3 is 2.64 bits per heavy atom. The van der Waals surface area contributed by atoms with Crippen molar-refractivity contribution in [2.24, 2.45) is 0 Å². The fraction of sp³-hybridized carbons (Fsp3) is 0.250. The van der Waals surface area contributed by atoms with Gasteiger partial charge in [0.1, 0.15) is 11.4 Å². The van der Waals surface area contributed by atoms with Crippen LogP contribution < -0.4 is 5.32 Å². The van der Waals surface area contributed by atoms with E-state index in [0.717, 1.165) is 23.2 Å². The molecule has 1 aromatic heterocycles. The Kier molecular flexibility index (Phi) is 4.82. The lowest BCUT2D eigenvalue weighted by atomic mass is 10.0. The van der Waals surface area contributed by atoms with Gasteiger partial charge in [0.15, 0.2) is 5.76 Å². The van der Waals surface area contributed by atoms with Gasteiger partial charge in [-0.25, -0.2) is 4.39 Å². The summed E-state index contributed by atoms with van der Waals surface area (Å²) >= 11 is 6.28. The smallest absolute Gasteiger partial charge is 0.291 e. The number of amides is 1. The molecule has 25 heavy (non-hydrogen) atoms. The molecule has 5 heteroatoms. The Morgan fingerprint density at radius 1 is 1.20 bits per heavy atom. The van der Waals surface area contributed by atoms with E-state index in [2.05, 4.69) is 5.32 Å². The van der Waals surface area contributed by atoms with Crippen molar-refractivity contribution in [1.29, 1.82) is 0 Å². The van der Waals surface area contributed by atoms with Crippen molar-refractivity contribution in [1.82, 2.24) is 0 Å². The predicted octanol–water partition coefficient (Wildman–Crippen LogP) is 5.91. The highest BCUT2D eigenvalue weighted by Crippen LogP contribution is 2.31. The van der Waals surface area contributed by atoms with E-state index < -0.39 is 0 Å². The second-order valence-corrected chi connectivity index (χ2v) is 6.33. The Balaban J connectivity index is 2.04. The van der Waals surface area contributed by atoms with Gasteiger partial charge in [-0.1, -0.05) is 31.5 Å². The van der Waals surface area contributed by atoms with Crippen LogP contribution in [0.25, 0.3) is 11.0 Å². The molecule has 1 amide bonds. The summed E-state index contributed by atoms with van der Waals surface area (Å²) in [5.41, 5.74) is 3.74. The molecular formula is C20H19ClFNO2. The molecule has 0 aliphatic heterocycles. The topological polar surface area (TPSA) is 42.2 Å². The summed E-state index contributed by atoms with van der Waals surface area (Å²) < 4.78 is 19.1. The molecule has 0 radical (unpaired) electrons. The number of rotatable bonds is 4. The van der Waals surface area contributed by atoms with Gasteiger partial charge >= 0.3 is 0 Å². The van der Waals surface area contributed by atoms with Crippen LogP contribution >= 0.6 is 11.6 Å². The first-order valence-electron chi connectivity index (χ1n) is 8.26. The van der Waals surface area contributed by atoms with E-state index in [4.69, 9.17) is 16.0 Å². The number of furan rings is 1. The summed E-state index contributed by atoms with van der Waals surface area (Å²) in [6, 6.07) is 7.98. The number of hydrogen-bond acceptors (Lipinski definition) is 2. The second-order valence-electron chi connectivity index (χ2n) is 5.92. The van der Waals surface area contributed by atoms with Crippen LogP contribution in [0.4, 0.5) is 10.1 Å². The first-order valence-corrected chi connectivity index (χ1v) is 8.64. The van der Waals surface area contributed by atoms with Crippen LogP contribution in [0.2, 0.25) is 5.02 Å². The highest BCUT2D eigenvalue weighted by atomic mass is 35.5. The van der Waals surface area contributed by atoms with Gasteiger partial charge in [-0.3, -0.25) is 4.79 Å². The van der Waals surface area contributed by atoms with Gasteiger partial charge in [0.2, 0.25) is 0 Å². The van der Waals surface area contributed by atoms with Gasteiger partial charge in [0.05, 0.1) is 0 Å². The predicted molar refractivity (Wildman–Crippen MR) is 99.1 cm³/mol. The van der Waals surface area contributed by atoms with E-state index in [9.17, 15) is 9.18 Å². The molecule has 0 aliphatic rings. The van der Waals surface area contributed by atoms with Gasteiger partial charge in [0.25, 0.3) is 5.91 Å². The maximum Gasteiger partial charge on any atom is 0.291 e. The van der Waals surface area contributed by atoms with Crippen molar-refractivity contribution in [2.75, 3.05) is 5.32 Å². The third-order valence-corrected chi connectivity index (χ3v) is 4.77. The van der Waals surface area contributed by atoms with E-state index in [-0.39, 0.29) is 17.5 Å². The van der Waals surface area contributed by atoms with Crippen LogP contribution in [0, 0.1) is 12.7 Å². The van der Waals surface area contributed by atoms with E-state index in [1.165, 1.54) is 18.2 Å². The number of anilines is 1. The lowest BCUT2D eigenvalue weighted by molar-refractivity contribution is 0.0997. The van der Waals surface area contributed by atoms with Crippen LogP contribution in [0.5, 0.6) is 0 Å². The summed E-state index contributed by atoms with van der Waals surface area (Å²) in [5, 5.41) is 4.17. The first kappa shape index (κ1) is 17.5. The normalized spacial score (nSPS) is 11.1. The van der Waals surface area contributed by atoms with Crippen molar-refractivity contribution < 1.29 is 13.6 Å². The lowest BCUT2D eigenvalue weighted by Crippen LogP contribution is -2.15. The van der Waals surface area contributed by atoms with E-state index in [1.54, 1.807) is 6.92 Å². The maximum absolute atomic E-state index is 13.5. The van der Waals surface area contributed by atoms with Crippen LogP contribution in [0.3, 0.4) is 0 Å². The minimum absolute atomic E-state index is 0.185. The maximum atomic E-state index is 13.5. The largest absolute Gasteiger partial charge is 0.451 e. The zero-order valence-corrected chi connectivity index (χ0v) is 15.1. The zero-order chi connectivity index (χ0) is 18.1. The molecule has 0 atom stereocenters. The zero-order valence-electron chi connectivity index (χ0n) is 14.4. The molecule has 130 valence electrons. The molecule has 0 saturated carbocycles. The monoisotopic (exact) mass is 359 g/mol. The number of hydrogen-bond donors (Lipinski definition) is 1. The average Bonchev–Trinajstić information content (AvgIpc) is 2.92. The van der Waals surface area contributed by atoms with Crippen LogP contribution in [0.15, 0.2) is 34.7 Å². The molecule has 0 fully saturated rings. The Morgan fingerprint density at radius 2 is 1.96 bits per heavy atom. The number of carbonyl (C=O) groups is 1. The number of nitrogens with one attached hydrogen (secondary N) is 1. The lowest BCUT2D eigenvalue weighted by Gasteiger charge is -2.15. The molecule has 0 saturated heterocycles. The van der Waals surface area contributed by atoms with Crippen molar-refractivity contribution in [2.45, 2.75) is 33.6 Å². The number of fused-ring (bicyclic) bond motifs is 1. The molecule has 2 aromatic carbocycles. The number of carbonyl (C=O) groups excluding carboxylic acids is 1. The summed E-state index contributed by atoms with van der Waals surface area (Å²) in [6.07, 6.45) is 1.47. The fourth-order valence-corrected chi connectivity index (χ4v) is 3.34. The minimum Gasteiger partial charge on any atom is -0.451 e. The molecule has 0 spiro atoms. The quantitative estimate of drug-likeness (QED) is 0.629. The van der Waals surface area contributed by atoms with Gasteiger partial charge in [-0.2, -0.15) is 0 Å². The number of aryl methyl sites for hydroxylation is 2. The van der Waals surface area contributed by atoms with Crippen molar-refractivity contribution in [3.8, 4) is 0 Å². The summed E-state index contributed by atoms with van der Waals surface area (Å²) in [5.74, 6) is -0.537.